The van der Waals surface area contributed by atoms with Gasteiger partial charge < -0.3 is 15.0 Å². The van der Waals surface area contributed by atoms with Gasteiger partial charge in [-0.15, -0.1) is 0 Å². The average molecular weight is 277 g/mol. The van der Waals surface area contributed by atoms with Crippen LogP contribution < -0.4 is 10.1 Å². The minimum absolute atomic E-state index is 0.0132. The van der Waals surface area contributed by atoms with Gasteiger partial charge in [0.2, 0.25) is 11.8 Å². The molecule has 1 aromatic rings. The number of carbonyl (C=O) groups is 2. The summed E-state index contributed by atoms with van der Waals surface area (Å²) in [4.78, 5) is 29.7. The predicted molar refractivity (Wildman–Crippen MR) is 73.6 cm³/mol. The molecule has 2 amide bonds. The van der Waals surface area contributed by atoms with Crippen molar-refractivity contribution in [2.24, 2.45) is 0 Å². The number of ether oxygens (including phenoxy) is 1. The van der Waals surface area contributed by atoms with E-state index < -0.39 is 0 Å². The second-order valence-electron chi connectivity index (χ2n) is 4.56. The lowest BCUT2D eigenvalue weighted by atomic mass is 10.2. The highest BCUT2D eigenvalue weighted by Crippen LogP contribution is 2.14. The highest BCUT2D eigenvalue weighted by Gasteiger charge is 2.19. The molecule has 6 nitrogen and oxygen atoms in total. The number of hydrogen-bond acceptors (Lipinski definition) is 4. The van der Waals surface area contributed by atoms with Crippen LogP contribution in [-0.2, 0) is 4.79 Å². The smallest absolute Gasteiger partial charge is 0.257 e. The molecule has 108 valence electrons. The van der Waals surface area contributed by atoms with Crippen molar-refractivity contribution in [2.75, 3.05) is 26.2 Å². The van der Waals surface area contributed by atoms with Gasteiger partial charge in [0.15, 0.2) is 0 Å². The Morgan fingerprint density at radius 1 is 1.40 bits per heavy atom. The molecule has 1 fully saturated rings. The number of amides is 2. The molecule has 0 atom stereocenters. The van der Waals surface area contributed by atoms with Crippen LogP contribution in [0, 0.1) is 0 Å². The number of aromatic nitrogens is 1. The standard InChI is InChI=1S/C14H19N3O3/c1-2-20-14-11(6-5-7-15-14)13(19)16-10-12(18)17-8-3-4-9-17/h5-7H,2-4,8-10H2,1H3,(H,16,19). The van der Waals surface area contributed by atoms with E-state index in [4.69, 9.17) is 4.74 Å². The number of likely N-dealkylation sites (tertiary alicyclic amines) is 1. The largest absolute Gasteiger partial charge is 0.477 e. The Kier molecular flexibility index (Phi) is 4.92. The van der Waals surface area contributed by atoms with Crippen molar-refractivity contribution in [3.63, 3.8) is 0 Å². The first-order chi connectivity index (χ1) is 9.72. The lowest BCUT2D eigenvalue weighted by molar-refractivity contribution is -0.129. The molecule has 20 heavy (non-hydrogen) atoms. The second kappa shape index (κ2) is 6.88. The second-order valence-corrected chi connectivity index (χ2v) is 4.56. The molecular formula is C14H19N3O3. The first-order valence-electron chi connectivity index (χ1n) is 6.86. The van der Waals surface area contributed by atoms with Crippen LogP contribution in [0.1, 0.15) is 30.1 Å². The molecule has 0 saturated carbocycles. The van der Waals surface area contributed by atoms with Crippen LogP contribution in [0.2, 0.25) is 0 Å². The summed E-state index contributed by atoms with van der Waals surface area (Å²) in [5, 5.41) is 2.62. The van der Waals surface area contributed by atoms with Gasteiger partial charge in [0, 0.05) is 19.3 Å². The fourth-order valence-electron chi connectivity index (χ4n) is 2.14. The summed E-state index contributed by atoms with van der Waals surface area (Å²) in [5.41, 5.74) is 0.351. The van der Waals surface area contributed by atoms with Crippen molar-refractivity contribution in [1.82, 2.24) is 15.2 Å². The van der Waals surface area contributed by atoms with E-state index in [1.165, 1.54) is 0 Å². The van der Waals surface area contributed by atoms with Gasteiger partial charge in [-0.3, -0.25) is 9.59 Å². The van der Waals surface area contributed by atoms with E-state index in [2.05, 4.69) is 10.3 Å². The SMILES string of the molecule is CCOc1ncccc1C(=O)NCC(=O)N1CCCC1. The molecule has 0 bridgehead atoms. The van der Waals surface area contributed by atoms with Crippen LogP contribution in [0.5, 0.6) is 5.88 Å². The molecule has 0 spiro atoms. The number of carbonyl (C=O) groups excluding carboxylic acids is 2. The maximum absolute atomic E-state index is 12.1. The van der Waals surface area contributed by atoms with E-state index in [1.54, 1.807) is 23.2 Å². The van der Waals surface area contributed by atoms with E-state index in [0.717, 1.165) is 25.9 Å². The van der Waals surface area contributed by atoms with Crippen LogP contribution in [0.15, 0.2) is 18.3 Å². The summed E-state index contributed by atoms with van der Waals surface area (Å²) >= 11 is 0. The Morgan fingerprint density at radius 2 is 2.15 bits per heavy atom. The van der Waals surface area contributed by atoms with E-state index in [0.29, 0.717) is 18.1 Å². The van der Waals surface area contributed by atoms with Crippen LogP contribution in [0.3, 0.4) is 0 Å². The molecule has 0 aliphatic carbocycles. The summed E-state index contributed by atoms with van der Waals surface area (Å²) in [6, 6.07) is 3.30. The Balaban J connectivity index is 1.92. The maximum Gasteiger partial charge on any atom is 0.257 e. The molecule has 1 N–H and O–H groups in total. The van der Waals surface area contributed by atoms with E-state index in [-0.39, 0.29) is 18.4 Å². The third-order valence-corrected chi connectivity index (χ3v) is 3.16. The van der Waals surface area contributed by atoms with Crippen molar-refractivity contribution in [3.05, 3.63) is 23.9 Å². The molecule has 6 heteroatoms. The molecule has 1 aliphatic heterocycles. The number of nitrogens with zero attached hydrogens (tertiary/aromatic N) is 2. The van der Waals surface area contributed by atoms with Crippen molar-refractivity contribution >= 4 is 11.8 Å². The van der Waals surface area contributed by atoms with Crippen molar-refractivity contribution in [1.29, 1.82) is 0 Å². The van der Waals surface area contributed by atoms with Gasteiger partial charge in [-0.05, 0) is 31.9 Å². The zero-order chi connectivity index (χ0) is 14.4. The highest BCUT2D eigenvalue weighted by molar-refractivity contribution is 5.98. The summed E-state index contributed by atoms with van der Waals surface area (Å²) in [5.74, 6) is -0.0899. The zero-order valence-corrected chi connectivity index (χ0v) is 11.6. The fourth-order valence-corrected chi connectivity index (χ4v) is 2.14. The van der Waals surface area contributed by atoms with Gasteiger partial charge >= 0.3 is 0 Å². The monoisotopic (exact) mass is 277 g/mol. The summed E-state index contributed by atoms with van der Waals surface area (Å²) in [6.07, 6.45) is 3.64. The lowest BCUT2D eigenvalue weighted by Gasteiger charge is -2.15. The fraction of sp³-hybridized carbons (Fsp3) is 0.500. The van der Waals surface area contributed by atoms with Crippen LogP contribution in [0.25, 0.3) is 0 Å². The molecule has 2 heterocycles. The summed E-state index contributed by atoms with van der Waals surface area (Å²) in [6.45, 7) is 3.84. The van der Waals surface area contributed by atoms with Crippen LogP contribution in [-0.4, -0.2) is 47.9 Å². The third kappa shape index (κ3) is 3.46. The van der Waals surface area contributed by atoms with E-state index in [1.807, 2.05) is 6.92 Å². The quantitative estimate of drug-likeness (QED) is 0.865. The summed E-state index contributed by atoms with van der Waals surface area (Å²) < 4.78 is 5.30. The Hall–Kier alpha value is -2.11. The van der Waals surface area contributed by atoms with E-state index >= 15 is 0 Å². The molecule has 0 radical (unpaired) electrons. The maximum atomic E-state index is 12.1. The first kappa shape index (κ1) is 14.3. The third-order valence-electron chi connectivity index (χ3n) is 3.16. The minimum atomic E-state index is -0.339. The van der Waals surface area contributed by atoms with Gasteiger partial charge in [-0.2, -0.15) is 0 Å². The molecule has 2 rings (SSSR count). The minimum Gasteiger partial charge on any atom is -0.477 e. The molecule has 1 aliphatic rings. The molecule has 0 aromatic carbocycles. The predicted octanol–water partition coefficient (Wildman–Crippen LogP) is 0.832. The highest BCUT2D eigenvalue weighted by atomic mass is 16.5. The zero-order valence-electron chi connectivity index (χ0n) is 11.6. The van der Waals surface area contributed by atoms with Gasteiger partial charge in [0.25, 0.3) is 5.91 Å². The Morgan fingerprint density at radius 3 is 2.85 bits per heavy atom. The van der Waals surface area contributed by atoms with Crippen molar-refractivity contribution in [3.8, 4) is 5.88 Å². The van der Waals surface area contributed by atoms with Crippen molar-refractivity contribution < 1.29 is 14.3 Å². The first-order valence-corrected chi connectivity index (χ1v) is 6.86. The average Bonchev–Trinajstić information content (AvgIpc) is 2.99. The Labute approximate surface area is 118 Å². The van der Waals surface area contributed by atoms with Crippen LogP contribution >= 0.6 is 0 Å². The molecule has 0 unspecified atom stereocenters. The van der Waals surface area contributed by atoms with Crippen LogP contribution in [0.4, 0.5) is 0 Å². The molecule has 1 saturated heterocycles. The number of nitrogens with one attached hydrogen (secondary N) is 1. The number of rotatable bonds is 5. The topological polar surface area (TPSA) is 71.5 Å². The molecular weight excluding hydrogens is 258 g/mol. The number of pyridine rings is 1. The van der Waals surface area contributed by atoms with Gasteiger partial charge in [0.1, 0.15) is 5.56 Å². The van der Waals surface area contributed by atoms with Crippen molar-refractivity contribution in [2.45, 2.75) is 19.8 Å². The van der Waals surface area contributed by atoms with E-state index in [9.17, 15) is 9.59 Å². The number of hydrogen-bond donors (Lipinski definition) is 1. The summed E-state index contributed by atoms with van der Waals surface area (Å²) in [7, 11) is 0. The Bertz CT molecular complexity index is 484. The van der Waals surface area contributed by atoms with Gasteiger partial charge in [0.05, 0.1) is 13.2 Å². The van der Waals surface area contributed by atoms with Gasteiger partial charge in [-0.25, -0.2) is 4.98 Å². The normalized spacial score (nSPS) is 14.2. The lowest BCUT2D eigenvalue weighted by Crippen LogP contribution is -2.38. The van der Waals surface area contributed by atoms with Gasteiger partial charge in [-0.1, -0.05) is 0 Å². The molecule has 1 aromatic heterocycles.